The number of pyridine rings is 1. The Morgan fingerprint density at radius 2 is 2.26 bits per heavy atom. The molecule has 19 heavy (non-hydrogen) atoms. The first-order valence-corrected chi connectivity index (χ1v) is 7.08. The number of hydrogen-bond donors (Lipinski definition) is 0. The third-order valence-electron chi connectivity index (χ3n) is 3.91. The minimum Gasteiger partial charge on any atom is -0.300 e. The summed E-state index contributed by atoms with van der Waals surface area (Å²) in [6.45, 7) is 9.79. The van der Waals surface area contributed by atoms with E-state index in [-0.39, 0.29) is 0 Å². The van der Waals surface area contributed by atoms with Gasteiger partial charge in [0.2, 0.25) is 0 Å². The number of hydrogen-bond acceptors (Lipinski definition) is 4. The average Bonchev–Trinajstić information content (AvgIpc) is 2.89. The van der Waals surface area contributed by atoms with E-state index in [0.717, 1.165) is 38.4 Å². The third-order valence-corrected chi connectivity index (χ3v) is 3.91. The van der Waals surface area contributed by atoms with Crippen LogP contribution in [0.25, 0.3) is 0 Å². The minimum atomic E-state index is 0.675. The molecule has 0 bridgehead atoms. The number of aromatic nitrogens is 1. The van der Waals surface area contributed by atoms with Gasteiger partial charge in [-0.25, -0.2) is 0 Å². The monoisotopic (exact) mass is 258 g/mol. The molecule has 1 atom stereocenters. The van der Waals surface area contributed by atoms with Crippen molar-refractivity contribution in [3.8, 4) is 6.07 Å². The molecule has 2 rings (SSSR count). The van der Waals surface area contributed by atoms with E-state index in [0.29, 0.717) is 11.6 Å². The highest BCUT2D eigenvalue weighted by Crippen LogP contribution is 2.17. The van der Waals surface area contributed by atoms with Crippen LogP contribution in [0.3, 0.4) is 0 Å². The second kappa shape index (κ2) is 6.65. The summed E-state index contributed by atoms with van der Waals surface area (Å²) in [7, 11) is 0. The average molecular weight is 258 g/mol. The molecule has 0 spiro atoms. The molecule has 1 aliphatic heterocycles. The summed E-state index contributed by atoms with van der Waals surface area (Å²) in [5.74, 6) is 0. The number of likely N-dealkylation sites (N-methyl/N-ethyl adjacent to an activating group) is 1. The maximum Gasteiger partial charge on any atom is 0.0992 e. The molecule has 0 aliphatic carbocycles. The number of nitrogens with zero attached hydrogens (tertiary/aromatic N) is 4. The van der Waals surface area contributed by atoms with Gasteiger partial charge in [-0.05, 0) is 31.6 Å². The second-order valence-electron chi connectivity index (χ2n) is 5.05. The molecule has 0 aromatic carbocycles. The fourth-order valence-electron chi connectivity index (χ4n) is 2.86. The summed E-state index contributed by atoms with van der Waals surface area (Å²) in [5.41, 5.74) is 1.70. The molecule has 2 heterocycles. The van der Waals surface area contributed by atoms with E-state index in [2.05, 4.69) is 34.7 Å². The Bertz CT molecular complexity index is 448. The van der Waals surface area contributed by atoms with Crippen LogP contribution in [0.4, 0.5) is 0 Å². The number of rotatable bonds is 5. The van der Waals surface area contributed by atoms with E-state index in [4.69, 9.17) is 5.26 Å². The Balaban J connectivity index is 1.93. The second-order valence-corrected chi connectivity index (χ2v) is 5.05. The van der Waals surface area contributed by atoms with E-state index in [9.17, 15) is 0 Å². The molecular formula is C15H22N4. The molecule has 1 saturated heterocycles. The summed E-state index contributed by atoms with van der Waals surface area (Å²) in [4.78, 5) is 9.32. The molecule has 0 amide bonds. The first kappa shape index (κ1) is 14.0. The van der Waals surface area contributed by atoms with E-state index < -0.39 is 0 Å². The zero-order valence-electron chi connectivity index (χ0n) is 11.8. The topological polar surface area (TPSA) is 43.2 Å². The highest BCUT2D eigenvalue weighted by molar-refractivity contribution is 5.28. The van der Waals surface area contributed by atoms with Gasteiger partial charge in [0.15, 0.2) is 0 Å². The van der Waals surface area contributed by atoms with Gasteiger partial charge in [0.1, 0.15) is 0 Å². The summed E-state index contributed by atoms with van der Waals surface area (Å²) in [6.07, 6.45) is 2.96. The fourth-order valence-corrected chi connectivity index (χ4v) is 2.86. The van der Waals surface area contributed by atoms with Gasteiger partial charge in [-0.2, -0.15) is 5.26 Å². The molecule has 1 aliphatic rings. The van der Waals surface area contributed by atoms with Crippen LogP contribution in [0.1, 0.15) is 31.5 Å². The van der Waals surface area contributed by atoms with E-state index in [1.165, 1.54) is 6.42 Å². The number of likely N-dealkylation sites (tertiary alicyclic amines) is 1. The molecule has 0 N–H and O–H groups in total. The van der Waals surface area contributed by atoms with E-state index >= 15 is 0 Å². The molecule has 102 valence electrons. The summed E-state index contributed by atoms with van der Waals surface area (Å²) >= 11 is 0. The largest absolute Gasteiger partial charge is 0.300 e. The number of nitriles is 1. The Labute approximate surface area is 115 Å². The van der Waals surface area contributed by atoms with Crippen molar-refractivity contribution in [2.75, 3.05) is 26.2 Å². The van der Waals surface area contributed by atoms with Crippen LogP contribution in [0.5, 0.6) is 0 Å². The van der Waals surface area contributed by atoms with Gasteiger partial charge in [-0.15, -0.1) is 0 Å². The molecule has 0 saturated carbocycles. The Hall–Kier alpha value is -1.44. The maximum absolute atomic E-state index is 8.90. The summed E-state index contributed by atoms with van der Waals surface area (Å²) < 4.78 is 0. The van der Waals surface area contributed by atoms with Crippen LogP contribution in [0.15, 0.2) is 18.3 Å². The molecule has 1 fully saturated rings. The van der Waals surface area contributed by atoms with Gasteiger partial charge in [0.05, 0.1) is 17.3 Å². The summed E-state index contributed by atoms with van der Waals surface area (Å²) in [5, 5.41) is 8.90. The zero-order chi connectivity index (χ0) is 13.7. The lowest BCUT2D eigenvalue weighted by atomic mass is 10.2. The maximum atomic E-state index is 8.90. The van der Waals surface area contributed by atoms with Gasteiger partial charge in [-0.3, -0.25) is 14.8 Å². The van der Waals surface area contributed by atoms with Gasteiger partial charge in [0, 0.05) is 31.9 Å². The first-order chi connectivity index (χ1) is 9.26. The normalized spacial score (nSPS) is 19.8. The summed E-state index contributed by atoms with van der Waals surface area (Å²) in [6, 6.07) is 6.50. The van der Waals surface area contributed by atoms with Crippen LogP contribution < -0.4 is 0 Å². The van der Waals surface area contributed by atoms with Crippen molar-refractivity contribution < 1.29 is 0 Å². The van der Waals surface area contributed by atoms with Gasteiger partial charge >= 0.3 is 0 Å². The van der Waals surface area contributed by atoms with E-state index in [1.54, 1.807) is 12.3 Å². The van der Waals surface area contributed by atoms with Crippen molar-refractivity contribution >= 4 is 0 Å². The lowest BCUT2D eigenvalue weighted by Gasteiger charge is -2.26. The van der Waals surface area contributed by atoms with Crippen molar-refractivity contribution in [3.63, 3.8) is 0 Å². The van der Waals surface area contributed by atoms with Crippen LogP contribution in [0.2, 0.25) is 0 Å². The SMILES string of the molecule is CCN(CC)C1CCN(Cc2cc(C#N)ccn2)C1. The standard InChI is InChI=1S/C15H22N4/c1-3-19(4-2)15-6-8-18(12-15)11-14-9-13(10-16)5-7-17-14/h5,7,9,15H,3-4,6,8,11-12H2,1-2H3. The molecular weight excluding hydrogens is 236 g/mol. The predicted octanol–water partition coefficient (Wildman–Crippen LogP) is 1.87. The van der Waals surface area contributed by atoms with Crippen LogP contribution in [-0.4, -0.2) is 47.0 Å². The van der Waals surface area contributed by atoms with Crippen molar-refractivity contribution in [2.24, 2.45) is 0 Å². The molecule has 1 aromatic rings. The first-order valence-electron chi connectivity index (χ1n) is 7.08. The van der Waals surface area contributed by atoms with Crippen LogP contribution >= 0.6 is 0 Å². The minimum absolute atomic E-state index is 0.675. The van der Waals surface area contributed by atoms with Crippen LogP contribution in [-0.2, 0) is 6.54 Å². The van der Waals surface area contributed by atoms with Gasteiger partial charge in [0.25, 0.3) is 0 Å². The molecule has 1 aromatic heterocycles. The Morgan fingerprint density at radius 1 is 1.47 bits per heavy atom. The smallest absolute Gasteiger partial charge is 0.0992 e. The molecule has 4 nitrogen and oxygen atoms in total. The van der Waals surface area contributed by atoms with E-state index in [1.807, 2.05) is 6.07 Å². The zero-order valence-corrected chi connectivity index (χ0v) is 11.8. The van der Waals surface area contributed by atoms with Crippen molar-refractivity contribution in [3.05, 3.63) is 29.6 Å². The lowest BCUT2D eigenvalue weighted by molar-refractivity contribution is 0.208. The molecule has 4 heteroatoms. The third kappa shape index (κ3) is 3.52. The van der Waals surface area contributed by atoms with Crippen LogP contribution in [0, 0.1) is 11.3 Å². The highest BCUT2D eigenvalue weighted by atomic mass is 15.2. The van der Waals surface area contributed by atoms with Crippen molar-refractivity contribution in [1.82, 2.24) is 14.8 Å². The van der Waals surface area contributed by atoms with Gasteiger partial charge < -0.3 is 0 Å². The lowest BCUT2D eigenvalue weighted by Crippen LogP contribution is -2.37. The van der Waals surface area contributed by atoms with Crippen molar-refractivity contribution in [2.45, 2.75) is 32.9 Å². The predicted molar refractivity (Wildman–Crippen MR) is 75.6 cm³/mol. The Kier molecular flexibility index (Phi) is 4.89. The fraction of sp³-hybridized carbons (Fsp3) is 0.600. The van der Waals surface area contributed by atoms with Gasteiger partial charge in [-0.1, -0.05) is 13.8 Å². The molecule has 0 radical (unpaired) electrons. The molecule has 1 unspecified atom stereocenters. The highest BCUT2D eigenvalue weighted by Gasteiger charge is 2.26. The Morgan fingerprint density at radius 3 is 2.95 bits per heavy atom. The quantitative estimate of drug-likeness (QED) is 0.808. The van der Waals surface area contributed by atoms with Crippen molar-refractivity contribution in [1.29, 1.82) is 5.26 Å².